The number of terminal acetylenes is 1. The van der Waals surface area contributed by atoms with E-state index in [0.29, 0.717) is 22.2 Å². The molecule has 1 N–H and O–H groups in total. The van der Waals surface area contributed by atoms with Crippen LogP contribution in [0.1, 0.15) is 43.8 Å². The summed E-state index contributed by atoms with van der Waals surface area (Å²) in [6, 6.07) is 7.10. The average molecular weight is 420 g/mol. The first-order valence-electron chi connectivity index (χ1n) is 9.72. The zero-order chi connectivity index (χ0) is 21.5. The number of carbonyl (C=O) groups is 1. The van der Waals surface area contributed by atoms with Crippen molar-refractivity contribution in [3.05, 3.63) is 58.8 Å². The monoisotopic (exact) mass is 419 g/mol. The van der Waals surface area contributed by atoms with Crippen molar-refractivity contribution in [2.24, 2.45) is 5.41 Å². The Hall–Kier alpha value is -3.17. The zero-order valence-electron chi connectivity index (χ0n) is 17.1. The van der Waals surface area contributed by atoms with Crippen molar-refractivity contribution in [3.8, 4) is 23.5 Å². The maximum atomic E-state index is 12.8. The fourth-order valence-corrected chi connectivity index (χ4v) is 3.93. The van der Waals surface area contributed by atoms with Crippen molar-refractivity contribution in [3.63, 3.8) is 0 Å². The van der Waals surface area contributed by atoms with Gasteiger partial charge in [-0.1, -0.05) is 37.4 Å². The predicted octanol–water partition coefficient (Wildman–Crippen LogP) is 4.30. The van der Waals surface area contributed by atoms with Gasteiger partial charge in [0, 0.05) is 29.6 Å². The Balaban J connectivity index is 1.59. The number of hydrogen-bond acceptors (Lipinski definition) is 4. The van der Waals surface area contributed by atoms with Gasteiger partial charge in [0.05, 0.1) is 22.8 Å². The molecule has 6 nitrogen and oxygen atoms in total. The molecule has 7 heteroatoms. The minimum Gasteiger partial charge on any atom is -0.310 e. The summed E-state index contributed by atoms with van der Waals surface area (Å²) in [7, 11) is 0. The summed E-state index contributed by atoms with van der Waals surface area (Å²) in [5.74, 6) is 2.21. The van der Waals surface area contributed by atoms with E-state index >= 15 is 0 Å². The lowest BCUT2D eigenvalue weighted by atomic mass is 9.89. The first kappa shape index (κ1) is 20.1. The summed E-state index contributed by atoms with van der Waals surface area (Å²) >= 11 is 6.45. The van der Waals surface area contributed by atoms with Gasteiger partial charge in [0.1, 0.15) is 11.5 Å². The minimum atomic E-state index is -0.486. The van der Waals surface area contributed by atoms with E-state index in [-0.39, 0.29) is 11.3 Å². The summed E-state index contributed by atoms with van der Waals surface area (Å²) < 4.78 is 2.02. The maximum Gasteiger partial charge on any atom is 0.234 e. The predicted molar refractivity (Wildman–Crippen MR) is 117 cm³/mol. The van der Waals surface area contributed by atoms with Gasteiger partial charge in [-0.3, -0.25) is 9.48 Å². The first-order valence-corrected chi connectivity index (χ1v) is 10.1. The molecule has 30 heavy (non-hydrogen) atoms. The Kier molecular flexibility index (Phi) is 5.08. The van der Waals surface area contributed by atoms with Crippen molar-refractivity contribution in [1.29, 1.82) is 0 Å². The average Bonchev–Trinajstić information content (AvgIpc) is 3.23. The number of hydrogen-bond donors (Lipinski definition) is 1. The van der Waals surface area contributed by atoms with E-state index in [2.05, 4.69) is 40.2 Å². The van der Waals surface area contributed by atoms with E-state index in [9.17, 15) is 4.79 Å². The summed E-state index contributed by atoms with van der Waals surface area (Å²) in [5, 5.41) is 7.89. The molecule has 0 aliphatic carbocycles. The number of rotatable bonds is 4. The standard InChI is InChI=1S/C23H22ClN5O/c1-5-15-7-6-8-19(27-15)14(2)22(30)28-21-9-16(18(24)12-25-21)17-11-26-29-13-23(3,4)10-20(17)29/h1,6-9,11-12,14H,10,13H2,2-4H3,(H,25,28,30)/t14-/m1/s1. The van der Waals surface area contributed by atoms with Crippen LogP contribution in [0.2, 0.25) is 5.02 Å². The van der Waals surface area contributed by atoms with Crippen LogP contribution >= 0.6 is 11.6 Å². The van der Waals surface area contributed by atoms with Crippen LogP contribution in [0.15, 0.2) is 36.7 Å². The molecule has 0 bridgehead atoms. The van der Waals surface area contributed by atoms with Crippen LogP contribution in [0.4, 0.5) is 5.82 Å². The summed E-state index contributed by atoms with van der Waals surface area (Å²) in [6.07, 6.45) is 9.71. The number of nitrogens with one attached hydrogen (secondary N) is 1. The van der Waals surface area contributed by atoms with E-state index in [4.69, 9.17) is 18.0 Å². The normalized spacial score (nSPS) is 15.3. The van der Waals surface area contributed by atoms with Gasteiger partial charge in [-0.2, -0.15) is 5.10 Å². The number of halogens is 1. The Morgan fingerprint density at radius 3 is 2.90 bits per heavy atom. The molecular formula is C23H22ClN5O. The fraction of sp³-hybridized carbons (Fsp3) is 0.304. The topological polar surface area (TPSA) is 72.7 Å². The van der Waals surface area contributed by atoms with Gasteiger partial charge in [0.2, 0.25) is 5.91 Å². The molecule has 1 aliphatic heterocycles. The molecule has 1 atom stereocenters. The van der Waals surface area contributed by atoms with Crippen molar-refractivity contribution in [2.45, 2.75) is 39.7 Å². The van der Waals surface area contributed by atoms with Crippen LogP contribution < -0.4 is 5.32 Å². The zero-order valence-corrected chi connectivity index (χ0v) is 17.9. The third-order valence-corrected chi connectivity index (χ3v) is 5.63. The molecule has 152 valence electrons. The quantitative estimate of drug-likeness (QED) is 0.640. The molecule has 0 saturated heterocycles. The van der Waals surface area contributed by atoms with Crippen LogP contribution in [0, 0.1) is 17.8 Å². The van der Waals surface area contributed by atoms with Crippen LogP contribution in [-0.4, -0.2) is 25.7 Å². The third kappa shape index (κ3) is 3.81. The second-order valence-corrected chi connectivity index (χ2v) is 8.76. The Morgan fingerprint density at radius 2 is 2.13 bits per heavy atom. The van der Waals surface area contributed by atoms with Crippen LogP contribution in [0.5, 0.6) is 0 Å². The number of nitrogens with zero attached hydrogens (tertiary/aromatic N) is 4. The summed E-state index contributed by atoms with van der Waals surface area (Å²) in [5.41, 5.74) is 4.19. The van der Waals surface area contributed by atoms with Crippen LogP contribution in [-0.2, 0) is 17.8 Å². The molecule has 0 unspecified atom stereocenters. The number of pyridine rings is 2. The highest BCUT2D eigenvalue weighted by molar-refractivity contribution is 6.33. The highest BCUT2D eigenvalue weighted by Gasteiger charge is 2.32. The van der Waals surface area contributed by atoms with Gasteiger partial charge in [-0.15, -0.1) is 6.42 Å². The van der Waals surface area contributed by atoms with Crippen molar-refractivity contribution >= 4 is 23.3 Å². The summed E-state index contributed by atoms with van der Waals surface area (Å²) in [6.45, 7) is 7.09. The first-order chi connectivity index (χ1) is 14.3. The molecule has 0 aromatic carbocycles. The fourth-order valence-electron chi connectivity index (χ4n) is 3.73. The number of carbonyl (C=O) groups excluding carboxylic acids is 1. The van der Waals surface area contributed by atoms with Gasteiger partial charge in [0.25, 0.3) is 0 Å². The molecule has 0 spiro atoms. The van der Waals surface area contributed by atoms with Crippen LogP contribution in [0.3, 0.4) is 0 Å². The van der Waals surface area contributed by atoms with E-state index < -0.39 is 5.92 Å². The van der Waals surface area contributed by atoms with Crippen molar-refractivity contribution in [1.82, 2.24) is 19.7 Å². The van der Waals surface area contributed by atoms with Gasteiger partial charge in [0.15, 0.2) is 0 Å². The number of amides is 1. The van der Waals surface area contributed by atoms with E-state index in [1.54, 1.807) is 37.4 Å². The second-order valence-electron chi connectivity index (χ2n) is 8.36. The molecular weight excluding hydrogens is 398 g/mol. The largest absolute Gasteiger partial charge is 0.310 e. The van der Waals surface area contributed by atoms with Gasteiger partial charge in [-0.25, -0.2) is 9.97 Å². The summed E-state index contributed by atoms with van der Waals surface area (Å²) in [4.78, 5) is 21.4. The molecule has 3 aromatic rings. The molecule has 4 heterocycles. The number of fused-ring (bicyclic) bond motifs is 1. The molecule has 1 aliphatic rings. The molecule has 3 aromatic heterocycles. The van der Waals surface area contributed by atoms with Gasteiger partial charge >= 0.3 is 0 Å². The van der Waals surface area contributed by atoms with Crippen LogP contribution in [0.25, 0.3) is 11.1 Å². The van der Waals surface area contributed by atoms with E-state index in [0.717, 1.165) is 29.8 Å². The third-order valence-electron chi connectivity index (χ3n) is 5.32. The molecule has 1 amide bonds. The molecule has 0 saturated carbocycles. The highest BCUT2D eigenvalue weighted by atomic mass is 35.5. The number of anilines is 1. The smallest absolute Gasteiger partial charge is 0.234 e. The minimum absolute atomic E-state index is 0.157. The Labute approximate surface area is 180 Å². The second kappa shape index (κ2) is 7.58. The van der Waals surface area contributed by atoms with Gasteiger partial charge < -0.3 is 5.32 Å². The van der Waals surface area contributed by atoms with E-state index in [1.807, 2.05) is 10.9 Å². The van der Waals surface area contributed by atoms with Crippen molar-refractivity contribution < 1.29 is 4.79 Å². The highest BCUT2D eigenvalue weighted by Crippen LogP contribution is 2.39. The Bertz CT molecular complexity index is 1170. The molecule has 4 rings (SSSR count). The lowest BCUT2D eigenvalue weighted by Gasteiger charge is -2.15. The number of aromatic nitrogens is 4. The maximum absolute atomic E-state index is 12.8. The van der Waals surface area contributed by atoms with Crippen molar-refractivity contribution in [2.75, 3.05) is 5.32 Å². The lowest BCUT2D eigenvalue weighted by molar-refractivity contribution is -0.117. The lowest BCUT2D eigenvalue weighted by Crippen LogP contribution is -2.20. The molecule has 0 fully saturated rings. The SMILES string of the molecule is C#Cc1cccc([C@@H](C)C(=O)Nc2cc(-c3cnn4c3CC(C)(C)C4)c(Cl)cn2)n1. The molecule has 0 radical (unpaired) electrons. The van der Waals surface area contributed by atoms with Gasteiger partial charge in [-0.05, 0) is 37.0 Å². The van der Waals surface area contributed by atoms with E-state index in [1.165, 1.54) is 0 Å². The Morgan fingerprint density at radius 1 is 1.33 bits per heavy atom.